The minimum absolute atomic E-state index is 0.163. The molecule has 274 valence electrons. The van der Waals surface area contributed by atoms with Crippen LogP contribution >= 0.6 is 16.0 Å². The molecular weight excluding hydrogens is 686 g/mol. The van der Waals surface area contributed by atoms with Crippen LogP contribution in [0.2, 0.25) is 0 Å². The first kappa shape index (κ1) is 35.6. The lowest BCUT2D eigenvalue weighted by atomic mass is 9.86. The Morgan fingerprint density at radius 1 is 0.442 bits per heavy atom. The van der Waals surface area contributed by atoms with Crippen molar-refractivity contribution in [2.45, 2.75) is 119 Å². The van der Waals surface area contributed by atoms with Crippen molar-refractivity contribution < 1.29 is 26.3 Å². The molecule has 0 saturated heterocycles. The number of benzene rings is 4. The molecule has 2 aromatic heterocycles. The minimum atomic E-state index is -1.34. The lowest BCUT2D eigenvalue weighted by Crippen LogP contribution is -2.31. The standard InChI is InChI=1S/C44H52O6P2/c1-25-15-29(5)41-35(19-25)36-20-26(2)16-30(6)42(36)48-51(47-41)23-45-39-13-9-11-33(39)34-12-10-14-40(34)46-24-52-49-43-31(7)17-27(3)21-37(43)38-22-28(4)18-32(8)44(38)50-52/h15-22,33-34,39-40H,9-14,23-24H2,1-8H3/t33-,34?,39+,40+/m1/s1. The van der Waals surface area contributed by atoms with E-state index in [1.165, 1.54) is 35.1 Å². The van der Waals surface area contributed by atoms with Gasteiger partial charge in [-0.05, 0) is 162 Å². The topological polar surface area (TPSA) is 71.0 Å². The minimum Gasteiger partial charge on any atom is -0.417 e. The van der Waals surface area contributed by atoms with E-state index in [9.17, 15) is 0 Å². The van der Waals surface area contributed by atoms with Crippen LogP contribution in [0.25, 0.3) is 43.9 Å². The van der Waals surface area contributed by atoms with Crippen LogP contribution in [0.1, 0.15) is 83.0 Å². The molecule has 8 heteroatoms. The molecule has 6 nitrogen and oxygen atoms in total. The zero-order valence-corrected chi connectivity index (χ0v) is 33.7. The summed E-state index contributed by atoms with van der Waals surface area (Å²) in [5.74, 6) is 0.895. The summed E-state index contributed by atoms with van der Waals surface area (Å²) in [6.07, 6.45) is 8.00. The fourth-order valence-corrected chi connectivity index (χ4v) is 12.0. The molecule has 4 aromatic carbocycles. The monoisotopic (exact) mass is 738 g/mol. The van der Waals surface area contributed by atoms with Crippen LogP contribution in [-0.4, -0.2) is 12.2 Å². The Kier molecular flexibility index (Phi) is 9.89. The average molecular weight is 739 g/mol. The van der Waals surface area contributed by atoms with Crippen LogP contribution in [0.4, 0.5) is 0 Å². The van der Waals surface area contributed by atoms with Crippen molar-refractivity contribution in [3.63, 3.8) is 0 Å². The number of fused-ring (bicyclic) bond motifs is 6. The van der Waals surface area contributed by atoms with E-state index in [0.29, 0.717) is 24.5 Å². The highest BCUT2D eigenvalue weighted by Gasteiger charge is 2.41. The quantitative estimate of drug-likeness (QED) is 0.162. The van der Waals surface area contributed by atoms with Gasteiger partial charge in [0.2, 0.25) is 16.0 Å². The number of aryl methyl sites for hydroxylation is 8. The largest absolute Gasteiger partial charge is 0.417 e. The maximum Gasteiger partial charge on any atom is 0.244 e. The number of hydrogen-bond donors (Lipinski definition) is 0. The number of hydrogen-bond acceptors (Lipinski definition) is 6. The Morgan fingerprint density at radius 2 is 0.731 bits per heavy atom. The lowest BCUT2D eigenvalue weighted by molar-refractivity contribution is -0.0345. The van der Waals surface area contributed by atoms with Crippen LogP contribution in [0, 0.1) is 67.2 Å². The summed E-state index contributed by atoms with van der Waals surface area (Å²) < 4.78 is 40.6. The van der Waals surface area contributed by atoms with Gasteiger partial charge in [-0.25, -0.2) is 0 Å². The Labute approximate surface area is 308 Å². The maximum absolute atomic E-state index is 6.84. The Morgan fingerprint density at radius 3 is 1.02 bits per heavy atom. The van der Waals surface area contributed by atoms with Crippen molar-refractivity contribution in [1.82, 2.24) is 0 Å². The van der Waals surface area contributed by atoms with E-state index in [0.717, 1.165) is 91.8 Å². The van der Waals surface area contributed by atoms with Crippen LogP contribution in [-0.2, 0) is 22.2 Å². The summed E-state index contributed by atoms with van der Waals surface area (Å²) in [6, 6.07) is 17.7. The summed E-state index contributed by atoms with van der Waals surface area (Å²) in [4.78, 5) is 0. The van der Waals surface area contributed by atoms with Gasteiger partial charge in [0.1, 0.15) is 35.0 Å². The van der Waals surface area contributed by atoms with Crippen LogP contribution in [0.3, 0.4) is 0 Å². The lowest BCUT2D eigenvalue weighted by Gasteiger charge is -2.29. The van der Waals surface area contributed by atoms with Crippen LogP contribution < -0.4 is 0 Å². The molecule has 0 spiro atoms. The van der Waals surface area contributed by atoms with Crippen molar-refractivity contribution in [2.75, 3.05) is 0 Å². The van der Waals surface area contributed by atoms with E-state index in [2.05, 4.69) is 104 Å². The molecule has 1 unspecified atom stereocenters. The van der Waals surface area contributed by atoms with E-state index in [1.54, 1.807) is 0 Å². The molecule has 0 radical (unpaired) electrons. The molecule has 4 atom stereocenters. The highest BCUT2D eigenvalue weighted by molar-refractivity contribution is 7.36. The van der Waals surface area contributed by atoms with Gasteiger partial charge in [0.05, 0.1) is 12.2 Å². The van der Waals surface area contributed by atoms with Crippen molar-refractivity contribution in [1.29, 1.82) is 0 Å². The third kappa shape index (κ3) is 6.89. The highest BCUT2D eigenvalue weighted by atomic mass is 31.1. The first-order valence-corrected chi connectivity index (χ1v) is 21.7. The summed E-state index contributed by atoms with van der Waals surface area (Å²) in [7, 11) is -2.67. The summed E-state index contributed by atoms with van der Waals surface area (Å²) in [5, 5.41) is 4.44. The molecule has 2 heterocycles. The van der Waals surface area contributed by atoms with Gasteiger partial charge in [0.25, 0.3) is 0 Å². The third-order valence-corrected chi connectivity index (χ3v) is 13.6. The molecule has 0 amide bonds. The van der Waals surface area contributed by atoms with Gasteiger partial charge in [-0.3, -0.25) is 0 Å². The Hall–Kier alpha value is -3.40. The molecule has 0 bridgehead atoms. The second-order valence-electron chi connectivity index (χ2n) is 15.7. The summed E-state index contributed by atoms with van der Waals surface area (Å²) in [5.41, 5.74) is 13.1. The van der Waals surface area contributed by atoms with Gasteiger partial charge in [-0.15, -0.1) is 0 Å². The smallest absolute Gasteiger partial charge is 0.244 e. The predicted molar refractivity (Wildman–Crippen MR) is 215 cm³/mol. The first-order chi connectivity index (χ1) is 25.0. The number of ether oxygens (including phenoxy) is 2. The summed E-state index contributed by atoms with van der Waals surface area (Å²) in [6.45, 7) is 17.1. The van der Waals surface area contributed by atoms with Crippen molar-refractivity contribution in [3.05, 3.63) is 93.0 Å². The van der Waals surface area contributed by atoms with Crippen LogP contribution in [0.5, 0.6) is 0 Å². The Bertz CT molecular complexity index is 2100. The molecule has 2 fully saturated rings. The molecule has 0 aliphatic heterocycles. The van der Waals surface area contributed by atoms with Gasteiger partial charge in [0.15, 0.2) is 0 Å². The fourth-order valence-electron chi connectivity index (χ4n) is 9.27. The fraction of sp³-hybridized carbons (Fsp3) is 0.455. The second kappa shape index (κ2) is 14.4. The second-order valence-corrected chi connectivity index (χ2v) is 18.3. The molecule has 6 aromatic rings. The molecule has 8 rings (SSSR count). The first-order valence-electron chi connectivity index (χ1n) is 19.0. The van der Waals surface area contributed by atoms with Gasteiger partial charge in [-0.1, -0.05) is 37.1 Å². The zero-order chi connectivity index (χ0) is 36.3. The van der Waals surface area contributed by atoms with E-state index >= 15 is 0 Å². The highest BCUT2D eigenvalue weighted by Crippen LogP contribution is 2.47. The predicted octanol–water partition coefficient (Wildman–Crippen LogP) is 14.3. The van der Waals surface area contributed by atoms with Crippen molar-refractivity contribution in [2.24, 2.45) is 11.8 Å². The molecular formula is C44H52O6P2. The van der Waals surface area contributed by atoms with Crippen molar-refractivity contribution >= 4 is 59.9 Å². The molecule has 2 aliphatic rings. The van der Waals surface area contributed by atoms with Gasteiger partial charge < -0.3 is 26.3 Å². The van der Waals surface area contributed by atoms with E-state index < -0.39 is 16.0 Å². The van der Waals surface area contributed by atoms with Crippen molar-refractivity contribution in [3.8, 4) is 0 Å². The van der Waals surface area contributed by atoms with E-state index in [1.807, 2.05) is 0 Å². The SMILES string of the molecule is Cc1cc(C)c2op(CO[C@H]3CCCC3[C@H]3CCC[C@@H]3OCp3oc4c(C)cc(C)cc4c4cc(C)cc(C)c4o3)oc3c(C)cc(C)cc3c2c1. The third-order valence-electron chi connectivity index (χ3n) is 11.4. The molecule has 0 N–H and O–H groups in total. The maximum atomic E-state index is 6.84. The number of rotatable bonds is 7. The van der Waals surface area contributed by atoms with Gasteiger partial charge in [-0.2, -0.15) is 0 Å². The molecule has 2 aliphatic carbocycles. The zero-order valence-electron chi connectivity index (χ0n) is 31.9. The van der Waals surface area contributed by atoms with Gasteiger partial charge in [0, 0.05) is 21.5 Å². The Balaban J connectivity index is 1.05. The molecule has 2 saturated carbocycles. The average Bonchev–Trinajstić information content (AvgIpc) is 3.68. The van der Waals surface area contributed by atoms with E-state index in [-0.39, 0.29) is 12.2 Å². The normalized spacial score (nSPS) is 20.5. The van der Waals surface area contributed by atoms with Gasteiger partial charge >= 0.3 is 0 Å². The summed E-state index contributed by atoms with van der Waals surface area (Å²) >= 11 is 0. The van der Waals surface area contributed by atoms with E-state index in [4.69, 9.17) is 26.3 Å². The van der Waals surface area contributed by atoms with Crippen LogP contribution in [0.15, 0.2) is 65.3 Å². The molecule has 52 heavy (non-hydrogen) atoms.